The molecule has 1 aliphatic carbocycles. The van der Waals surface area contributed by atoms with Crippen LogP contribution >= 0.6 is 23.8 Å². The minimum atomic E-state index is 0.479. The van der Waals surface area contributed by atoms with Crippen LogP contribution < -0.4 is 5.32 Å². The Bertz CT molecular complexity index is 975. The van der Waals surface area contributed by atoms with Gasteiger partial charge in [-0.1, -0.05) is 55.1 Å². The molecule has 4 rings (SSSR count). The zero-order valence-electron chi connectivity index (χ0n) is 16.2. The number of hydrogen-bond donors (Lipinski definition) is 1. The van der Waals surface area contributed by atoms with E-state index in [-0.39, 0.29) is 0 Å². The summed E-state index contributed by atoms with van der Waals surface area (Å²) in [4.78, 5) is 2.39. The number of para-hydroxylation sites is 1. The van der Waals surface area contributed by atoms with Crippen molar-refractivity contribution in [3.63, 3.8) is 0 Å². The second-order valence-electron chi connectivity index (χ2n) is 7.64. The van der Waals surface area contributed by atoms with E-state index in [1.165, 1.54) is 48.6 Å². The number of benzene rings is 2. The van der Waals surface area contributed by atoms with E-state index in [1.54, 1.807) is 0 Å². The first-order valence-corrected chi connectivity index (χ1v) is 10.8. The van der Waals surface area contributed by atoms with Crippen molar-refractivity contribution in [2.45, 2.75) is 44.7 Å². The molecule has 2 aromatic carbocycles. The maximum absolute atomic E-state index is 6.15. The van der Waals surface area contributed by atoms with Gasteiger partial charge in [0.25, 0.3) is 0 Å². The van der Waals surface area contributed by atoms with Gasteiger partial charge in [0.1, 0.15) is 0 Å². The Hall–Kier alpha value is -2.04. The highest BCUT2D eigenvalue weighted by molar-refractivity contribution is 7.80. The summed E-state index contributed by atoms with van der Waals surface area (Å²) in [5.74, 6) is 0. The summed E-state index contributed by atoms with van der Waals surface area (Å²) < 4.78 is 2.21. The highest BCUT2D eigenvalue weighted by Crippen LogP contribution is 2.28. The molecule has 0 amide bonds. The molecule has 28 heavy (non-hydrogen) atoms. The van der Waals surface area contributed by atoms with Gasteiger partial charge < -0.3 is 14.8 Å². The number of nitrogens with zero attached hydrogens (tertiary/aromatic N) is 2. The third-order valence-electron chi connectivity index (χ3n) is 5.67. The van der Waals surface area contributed by atoms with E-state index < -0.39 is 0 Å². The highest BCUT2D eigenvalue weighted by atomic mass is 35.5. The van der Waals surface area contributed by atoms with Crippen molar-refractivity contribution in [3.05, 3.63) is 65.3 Å². The molecule has 1 heterocycles. The summed E-state index contributed by atoms with van der Waals surface area (Å²) in [6.45, 7) is 0.818. The van der Waals surface area contributed by atoms with Crippen LogP contribution in [0.4, 0.5) is 5.69 Å². The van der Waals surface area contributed by atoms with Gasteiger partial charge in [-0.25, -0.2) is 0 Å². The van der Waals surface area contributed by atoms with Gasteiger partial charge in [0.15, 0.2) is 5.11 Å². The lowest BCUT2D eigenvalue weighted by Gasteiger charge is -2.36. The van der Waals surface area contributed by atoms with Crippen molar-refractivity contribution in [1.29, 1.82) is 0 Å². The average molecular weight is 412 g/mol. The van der Waals surface area contributed by atoms with E-state index in [0.29, 0.717) is 11.1 Å². The number of thiocarbonyl (C=S) groups is 1. The average Bonchev–Trinajstić information content (AvgIpc) is 3.02. The van der Waals surface area contributed by atoms with E-state index in [2.05, 4.69) is 52.3 Å². The van der Waals surface area contributed by atoms with Crippen molar-refractivity contribution in [3.8, 4) is 0 Å². The summed E-state index contributed by atoms with van der Waals surface area (Å²) in [5.41, 5.74) is 3.52. The Morgan fingerprint density at radius 3 is 2.71 bits per heavy atom. The Labute approximate surface area is 177 Å². The maximum atomic E-state index is 6.15. The van der Waals surface area contributed by atoms with Gasteiger partial charge in [0, 0.05) is 47.4 Å². The van der Waals surface area contributed by atoms with Crippen LogP contribution in [0.1, 0.15) is 37.7 Å². The standard InChI is InChI=1S/C23H26ClN3S/c1-26-15-17(21-12-5-6-13-22(21)26)16-27(20-10-3-2-4-11-20)23(28)25-19-9-7-8-18(24)14-19/h5-9,12-15,20H,2-4,10-11,16H2,1H3,(H,25,28). The number of nitrogens with one attached hydrogen (secondary N) is 1. The van der Waals surface area contributed by atoms with Crippen molar-refractivity contribution < 1.29 is 0 Å². The molecule has 0 spiro atoms. The summed E-state index contributed by atoms with van der Waals surface area (Å²) in [7, 11) is 2.11. The SMILES string of the molecule is Cn1cc(CN(C(=S)Nc2cccc(Cl)c2)C2CCCCC2)c2ccccc21. The Balaban J connectivity index is 1.62. The number of halogens is 1. The van der Waals surface area contributed by atoms with Gasteiger partial charge in [-0.05, 0) is 54.9 Å². The lowest BCUT2D eigenvalue weighted by Crippen LogP contribution is -2.43. The van der Waals surface area contributed by atoms with Crippen molar-refractivity contribution in [1.82, 2.24) is 9.47 Å². The molecule has 1 fully saturated rings. The zero-order chi connectivity index (χ0) is 19.5. The summed E-state index contributed by atoms with van der Waals surface area (Å²) in [6, 6.07) is 16.8. The molecule has 0 bridgehead atoms. The second-order valence-corrected chi connectivity index (χ2v) is 8.47. The van der Waals surface area contributed by atoms with Crippen molar-refractivity contribution in [2.24, 2.45) is 7.05 Å². The van der Waals surface area contributed by atoms with Gasteiger partial charge in [0.05, 0.1) is 0 Å². The number of rotatable bonds is 4. The Morgan fingerprint density at radius 1 is 1.14 bits per heavy atom. The minimum Gasteiger partial charge on any atom is -0.350 e. The van der Waals surface area contributed by atoms with E-state index in [9.17, 15) is 0 Å². The summed E-state index contributed by atoms with van der Waals surface area (Å²) in [6.07, 6.45) is 8.51. The molecule has 0 atom stereocenters. The molecular formula is C23H26ClN3S. The number of aryl methyl sites for hydroxylation is 1. The molecule has 0 aliphatic heterocycles. The topological polar surface area (TPSA) is 20.2 Å². The van der Waals surface area contributed by atoms with E-state index in [4.69, 9.17) is 23.8 Å². The fourth-order valence-corrected chi connectivity index (χ4v) is 4.78. The number of anilines is 1. The predicted molar refractivity (Wildman–Crippen MR) is 123 cm³/mol. The van der Waals surface area contributed by atoms with Gasteiger partial charge in [-0.3, -0.25) is 0 Å². The molecule has 146 valence electrons. The lowest BCUT2D eigenvalue weighted by atomic mass is 9.94. The van der Waals surface area contributed by atoms with Crippen molar-refractivity contribution in [2.75, 3.05) is 5.32 Å². The largest absolute Gasteiger partial charge is 0.350 e. The Kier molecular flexibility index (Phi) is 5.88. The number of fused-ring (bicyclic) bond motifs is 1. The van der Waals surface area contributed by atoms with Gasteiger partial charge in [-0.2, -0.15) is 0 Å². The zero-order valence-corrected chi connectivity index (χ0v) is 17.8. The molecule has 1 aliphatic rings. The minimum absolute atomic E-state index is 0.479. The summed E-state index contributed by atoms with van der Waals surface area (Å²) >= 11 is 12.0. The predicted octanol–water partition coefficient (Wildman–Crippen LogP) is 6.36. The molecule has 0 saturated heterocycles. The molecular weight excluding hydrogens is 386 g/mol. The van der Waals surface area contributed by atoms with E-state index >= 15 is 0 Å². The molecule has 5 heteroatoms. The fourth-order valence-electron chi connectivity index (χ4n) is 4.26. The van der Waals surface area contributed by atoms with Crippen LogP contribution in [0.3, 0.4) is 0 Å². The molecule has 3 aromatic rings. The second kappa shape index (κ2) is 8.54. The van der Waals surface area contributed by atoms with Crippen LogP contribution in [0.5, 0.6) is 0 Å². The highest BCUT2D eigenvalue weighted by Gasteiger charge is 2.24. The first-order valence-electron chi connectivity index (χ1n) is 9.98. The first-order chi connectivity index (χ1) is 13.6. The fraction of sp³-hybridized carbons (Fsp3) is 0.348. The van der Waals surface area contributed by atoms with Crippen LogP contribution in [-0.2, 0) is 13.6 Å². The molecule has 1 N–H and O–H groups in total. The molecule has 3 nitrogen and oxygen atoms in total. The van der Waals surface area contributed by atoms with Crippen LogP contribution in [0.25, 0.3) is 10.9 Å². The van der Waals surface area contributed by atoms with Gasteiger partial charge in [0.2, 0.25) is 0 Å². The monoisotopic (exact) mass is 411 g/mol. The maximum Gasteiger partial charge on any atom is 0.173 e. The first kappa shape index (κ1) is 19.3. The van der Waals surface area contributed by atoms with Crippen LogP contribution in [-0.4, -0.2) is 20.6 Å². The number of hydrogen-bond acceptors (Lipinski definition) is 1. The molecule has 1 aromatic heterocycles. The molecule has 1 saturated carbocycles. The van der Waals surface area contributed by atoms with Gasteiger partial charge >= 0.3 is 0 Å². The van der Waals surface area contributed by atoms with E-state index in [1.807, 2.05) is 24.3 Å². The van der Waals surface area contributed by atoms with Crippen molar-refractivity contribution >= 4 is 45.5 Å². The normalized spacial score (nSPS) is 14.9. The number of aromatic nitrogens is 1. The smallest absolute Gasteiger partial charge is 0.173 e. The van der Waals surface area contributed by atoms with Crippen LogP contribution in [0, 0.1) is 0 Å². The quantitative estimate of drug-likeness (QED) is 0.504. The molecule has 0 unspecified atom stereocenters. The summed E-state index contributed by atoms with van der Waals surface area (Å²) in [5, 5.41) is 6.22. The third-order valence-corrected chi connectivity index (χ3v) is 6.24. The van der Waals surface area contributed by atoms with Crippen LogP contribution in [0.15, 0.2) is 54.7 Å². The Morgan fingerprint density at radius 2 is 1.93 bits per heavy atom. The van der Waals surface area contributed by atoms with Crippen LogP contribution in [0.2, 0.25) is 5.02 Å². The molecule has 0 radical (unpaired) electrons. The lowest BCUT2D eigenvalue weighted by molar-refractivity contribution is 0.241. The van der Waals surface area contributed by atoms with E-state index in [0.717, 1.165) is 17.3 Å². The van der Waals surface area contributed by atoms with Gasteiger partial charge in [-0.15, -0.1) is 0 Å². The third kappa shape index (κ3) is 4.18.